The summed E-state index contributed by atoms with van der Waals surface area (Å²) in [7, 11) is -1.35. The zero-order valence-electron chi connectivity index (χ0n) is 8.44. The molecular formula is C9H18O2Si. The van der Waals surface area contributed by atoms with Crippen LogP contribution < -0.4 is 0 Å². The van der Waals surface area contributed by atoms with E-state index < -0.39 is 8.07 Å². The average molecular weight is 186 g/mol. The van der Waals surface area contributed by atoms with Gasteiger partial charge < -0.3 is 0 Å². The second kappa shape index (κ2) is 5.89. The van der Waals surface area contributed by atoms with Crippen LogP contribution in [0.2, 0.25) is 25.7 Å². The van der Waals surface area contributed by atoms with Gasteiger partial charge in [0, 0.05) is 13.0 Å². The molecule has 0 N–H and O–H groups in total. The molecule has 0 aliphatic rings. The number of hydrogen-bond acceptors (Lipinski definition) is 2. The minimum absolute atomic E-state index is 0.209. The largest absolute Gasteiger partial charge is 0.291 e. The van der Waals surface area contributed by atoms with Crippen molar-refractivity contribution >= 4 is 19.6 Å². The fourth-order valence-electron chi connectivity index (χ4n) is 0.606. The van der Waals surface area contributed by atoms with E-state index in [0.29, 0.717) is 6.04 Å². The van der Waals surface area contributed by atoms with Crippen molar-refractivity contribution in [2.45, 2.75) is 32.6 Å². The summed E-state index contributed by atoms with van der Waals surface area (Å²) in [6, 6.07) is 0.488. The fraction of sp³-hybridized carbons (Fsp3) is 0.556. The third-order valence-electron chi connectivity index (χ3n) is 1.08. The van der Waals surface area contributed by atoms with E-state index in [1.807, 2.05) is 0 Å². The molecule has 2 nitrogen and oxygen atoms in total. The van der Waals surface area contributed by atoms with Crippen LogP contribution in [-0.2, 0) is 9.59 Å². The highest BCUT2D eigenvalue weighted by atomic mass is 28.3. The van der Waals surface area contributed by atoms with Gasteiger partial charge in [-0.1, -0.05) is 19.6 Å². The Balaban J connectivity index is 0. The van der Waals surface area contributed by atoms with Crippen LogP contribution >= 0.6 is 0 Å². The normalized spacial score (nSPS) is 9.67. The lowest BCUT2D eigenvalue weighted by molar-refractivity contribution is -0.134. The topological polar surface area (TPSA) is 34.1 Å². The van der Waals surface area contributed by atoms with Crippen molar-refractivity contribution in [3.8, 4) is 0 Å². The van der Waals surface area contributed by atoms with E-state index in [4.69, 9.17) is 0 Å². The Kier molecular flexibility index (Phi) is 6.80. The van der Waals surface area contributed by atoms with Gasteiger partial charge in [0.05, 0.1) is 8.07 Å². The predicted molar refractivity (Wildman–Crippen MR) is 55.1 cm³/mol. The molecule has 0 saturated heterocycles. The molecule has 0 atom stereocenters. The van der Waals surface area contributed by atoms with E-state index in [1.165, 1.54) is 6.92 Å². The quantitative estimate of drug-likeness (QED) is 0.385. The molecule has 0 amide bonds. The molecule has 3 heteroatoms. The summed E-state index contributed by atoms with van der Waals surface area (Å²) in [5.41, 5.74) is 0. The maximum atomic E-state index is 10.8. The molecule has 0 heterocycles. The third-order valence-corrected chi connectivity index (χ3v) is 2.47. The van der Waals surface area contributed by atoms with Gasteiger partial charge in [-0.15, -0.1) is 13.2 Å². The molecule has 0 spiro atoms. The van der Waals surface area contributed by atoms with Crippen LogP contribution in [0.3, 0.4) is 0 Å². The molecule has 0 saturated carbocycles. The minimum atomic E-state index is -1.35. The number of Topliss-reactive ketones (excluding diaryl/α,β-unsaturated/α-hetero) is 2. The summed E-state index contributed by atoms with van der Waals surface area (Å²) in [6.45, 7) is 13.6. The number of rotatable bonds is 3. The fourth-order valence-corrected chi connectivity index (χ4v) is 1.82. The van der Waals surface area contributed by atoms with Gasteiger partial charge in [-0.2, -0.15) is 0 Å². The third kappa shape index (κ3) is 9.30. The van der Waals surface area contributed by atoms with Crippen molar-refractivity contribution in [2.24, 2.45) is 0 Å². The summed E-state index contributed by atoms with van der Waals surface area (Å²) in [5.74, 6) is -0.512. The summed E-state index contributed by atoms with van der Waals surface area (Å²) in [5, 5.41) is 0. The van der Waals surface area contributed by atoms with E-state index in [2.05, 4.69) is 32.8 Å². The minimum Gasteiger partial charge on any atom is -0.291 e. The van der Waals surface area contributed by atoms with Crippen LogP contribution in [0.1, 0.15) is 6.92 Å². The van der Waals surface area contributed by atoms with Crippen molar-refractivity contribution in [2.75, 3.05) is 0 Å². The smallest absolute Gasteiger partial charge is 0.195 e. The maximum Gasteiger partial charge on any atom is 0.195 e. The van der Waals surface area contributed by atoms with E-state index in [0.717, 1.165) is 0 Å². The van der Waals surface area contributed by atoms with Crippen molar-refractivity contribution in [3.63, 3.8) is 0 Å². The first kappa shape index (κ1) is 13.9. The summed E-state index contributed by atoms with van der Waals surface area (Å²) >= 11 is 0. The highest BCUT2D eigenvalue weighted by molar-refractivity contribution is 6.80. The number of ketones is 2. The van der Waals surface area contributed by atoms with Crippen molar-refractivity contribution < 1.29 is 9.59 Å². The SMILES string of the molecule is C=C.CC(=O)C(=O)C[Si](C)(C)C. The van der Waals surface area contributed by atoms with Crippen LogP contribution in [0.15, 0.2) is 13.2 Å². The monoisotopic (exact) mass is 186 g/mol. The first-order valence-electron chi connectivity index (χ1n) is 3.87. The van der Waals surface area contributed by atoms with Crippen molar-refractivity contribution in [1.29, 1.82) is 0 Å². The second-order valence-corrected chi connectivity index (χ2v) is 9.19. The molecule has 0 aromatic heterocycles. The van der Waals surface area contributed by atoms with Gasteiger partial charge in [-0.3, -0.25) is 9.59 Å². The Morgan fingerprint density at radius 2 is 1.50 bits per heavy atom. The molecule has 0 aliphatic heterocycles. The standard InChI is InChI=1S/C7H14O2Si.C2H4/c1-6(8)7(9)5-10(2,3)4;1-2/h5H2,1-4H3;1-2H2. The molecule has 12 heavy (non-hydrogen) atoms. The van der Waals surface area contributed by atoms with Crippen molar-refractivity contribution in [3.05, 3.63) is 13.2 Å². The van der Waals surface area contributed by atoms with Gasteiger partial charge in [0.1, 0.15) is 0 Å². The lowest BCUT2D eigenvalue weighted by Gasteiger charge is -2.12. The Hall–Kier alpha value is -0.703. The van der Waals surface area contributed by atoms with Gasteiger partial charge in [-0.25, -0.2) is 0 Å². The summed E-state index contributed by atoms with van der Waals surface area (Å²) in [4.78, 5) is 21.3. The molecule has 0 bridgehead atoms. The average Bonchev–Trinajstić information content (AvgIpc) is 1.88. The molecule has 0 radical (unpaired) electrons. The van der Waals surface area contributed by atoms with Crippen LogP contribution in [0, 0.1) is 0 Å². The molecule has 0 rings (SSSR count). The molecule has 70 valence electrons. The van der Waals surface area contributed by atoms with Crippen molar-refractivity contribution in [1.82, 2.24) is 0 Å². The highest BCUT2D eigenvalue weighted by Crippen LogP contribution is 2.08. The molecule has 0 aromatic rings. The first-order valence-corrected chi connectivity index (χ1v) is 7.57. The van der Waals surface area contributed by atoms with Gasteiger partial charge in [0.15, 0.2) is 11.6 Å². The number of hydrogen-bond donors (Lipinski definition) is 0. The Morgan fingerprint density at radius 3 is 1.58 bits per heavy atom. The van der Waals surface area contributed by atoms with Crippen LogP contribution in [0.5, 0.6) is 0 Å². The maximum absolute atomic E-state index is 10.8. The van der Waals surface area contributed by atoms with Crippen LogP contribution in [0.4, 0.5) is 0 Å². The zero-order chi connectivity index (χ0) is 10.4. The number of carbonyl (C=O) groups is 2. The second-order valence-electron chi connectivity index (χ2n) is 3.72. The summed E-state index contributed by atoms with van der Waals surface area (Å²) < 4.78 is 0. The molecule has 0 unspecified atom stereocenters. The van der Waals surface area contributed by atoms with Crippen LogP contribution in [0.25, 0.3) is 0 Å². The Labute approximate surface area is 75.7 Å². The lowest BCUT2D eigenvalue weighted by Crippen LogP contribution is -2.26. The van der Waals surface area contributed by atoms with Gasteiger partial charge in [-0.05, 0) is 0 Å². The van der Waals surface area contributed by atoms with Gasteiger partial charge >= 0.3 is 0 Å². The molecule has 0 fully saturated rings. The highest BCUT2D eigenvalue weighted by Gasteiger charge is 2.20. The van der Waals surface area contributed by atoms with E-state index in [-0.39, 0.29) is 11.6 Å². The molecule has 0 aromatic carbocycles. The Morgan fingerprint density at radius 1 is 1.17 bits per heavy atom. The van der Waals surface area contributed by atoms with Gasteiger partial charge in [0.25, 0.3) is 0 Å². The van der Waals surface area contributed by atoms with E-state index in [1.54, 1.807) is 0 Å². The lowest BCUT2D eigenvalue weighted by atomic mass is 10.3. The Bertz CT molecular complexity index is 168. The first-order chi connectivity index (χ1) is 5.33. The van der Waals surface area contributed by atoms with Gasteiger partial charge in [0.2, 0.25) is 0 Å². The van der Waals surface area contributed by atoms with E-state index >= 15 is 0 Å². The summed E-state index contributed by atoms with van der Waals surface area (Å²) in [6.07, 6.45) is 0. The molecular weight excluding hydrogens is 168 g/mol. The molecule has 0 aliphatic carbocycles. The number of carbonyl (C=O) groups excluding carboxylic acids is 2. The zero-order valence-corrected chi connectivity index (χ0v) is 9.44. The van der Waals surface area contributed by atoms with Crippen LogP contribution in [-0.4, -0.2) is 19.6 Å². The van der Waals surface area contributed by atoms with E-state index in [9.17, 15) is 9.59 Å². The predicted octanol–water partition coefficient (Wildman–Crippen LogP) is 2.28.